The molecular formula is C20H25N2O3S+. The summed E-state index contributed by atoms with van der Waals surface area (Å²) in [5.41, 5.74) is 3.05. The van der Waals surface area contributed by atoms with Crippen molar-refractivity contribution in [3.05, 3.63) is 65.2 Å². The van der Waals surface area contributed by atoms with Crippen LogP contribution in [-0.4, -0.2) is 44.7 Å². The van der Waals surface area contributed by atoms with E-state index in [0.717, 1.165) is 19.6 Å². The van der Waals surface area contributed by atoms with Gasteiger partial charge in [0.05, 0.1) is 31.1 Å². The van der Waals surface area contributed by atoms with Gasteiger partial charge in [0.15, 0.2) is 5.78 Å². The monoisotopic (exact) mass is 373 g/mol. The third-order valence-electron chi connectivity index (χ3n) is 4.90. The average Bonchev–Trinajstić information content (AvgIpc) is 2.64. The van der Waals surface area contributed by atoms with E-state index in [2.05, 4.69) is 31.2 Å². The molecule has 1 fully saturated rings. The van der Waals surface area contributed by atoms with Gasteiger partial charge in [-0.15, -0.1) is 0 Å². The number of nitrogens with zero attached hydrogens (tertiary/aromatic N) is 1. The molecule has 1 saturated heterocycles. The van der Waals surface area contributed by atoms with Crippen LogP contribution in [0.2, 0.25) is 0 Å². The second-order valence-corrected chi connectivity index (χ2v) is 8.83. The Bertz CT molecular complexity index is 866. The number of benzene rings is 2. The molecule has 3 rings (SSSR count). The van der Waals surface area contributed by atoms with E-state index in [-0.39, 0.29) is 10.7 Å². The Kier molecular flexibility index (Phi) is 5.55. The quantitative estimate of drug-likeness (QED) is 0.804. The zero-order chi connectivity index (χ0) is 18.7. The minimum Gasteiger partial charge on any atom is -0.329 e. The molecule has 1 N–H and O–H groups in total. The number of hydrogen-bond acceptors (Lipinski definition) is 3. The van der Waals surface area contributed by atoms with Crippen molar-refractivity contribution >= 4 is 15.8 Å². The summed E-state index contributed by atoms with van der Waals surface area (Å²) in [5, 5.41) is 0. The molecule has 1 aliphatic heterocycles. The van der Waals surface area contributed by atoms with Gasteiger partial charge in [0.2, 0.25) is 10.0 Å². The summed E-state index contributed by atoms with van der Waals surface area (Å²) in [6.07, 6.45) is 0. The standard InChI is InChI=1S/C20H24N2O3S/c1-16-3-5-18(6-4-16)15-21-11-13-22(14-12-21)26(24,25)20-9-7-19(8-10-20)17(2)23/h3-10H,11-15H2,1-2H3/p+1. The Hall–Kier alpha value is -2.02. The van der Waals surface area contributed by atoms with Crippen LogP contribution in [0, 0.1) is 6.92 Å². The van der Waals surface area contributed by atoms with Crippen molar-refractivity contribution in [1.29, 1.82) is 0 Å². The van der Waals surface area contributed by atoms with Crippen LogP contribution in [-0.2, 0) is 16.6 Å². The molecule has 26 heavy (non-hydrogen) atoms. The molecule has 2 aromatic rings. The smallest absolute Gasteiger partial charge is 0.243 e. The highest BCUT2D eigenvalue weighted by atomic mass is 32.2. The number of aryl methyl sites for hydroxylation is 1. The molecule has 0 aromatic heterocycles. The third-order valence-corrected chi connectivity index (χ3v) is 6.82. The Labute approximate surface area is 155 Å². The van der Waals surface area contributed by atoms with Gasteiger partial charge in [-0.3, -0.25) is 4.79 Å². The largest absolute Gasteiger partial charge is 0.329 e. The molecule has 1 heterocycles. The SMILES string of the molecule is CC(=O)c1ccc(S(=O)(=O)N2CC[NH+](Cc3ccc(C)cc3)CC2)cc1. The van der Waals surface area contributed by atoms with E-state index in [4.69, 9.17) is 0 Å². The molecule has 0 unspecified atom stereocenters. The second-order valence-electron chi connectivity index (χ2n) is 6.90. The van der Waals surface area contributed by atoms with Crippen molar-refractivity contribution in [3.8, 4) is 0 Å². The molecule has 0 aliphatic carbocycles. The number of rotatable bonds is 5. The summed E-state index contributed by atoms with van der Waals surface area (Å²) >= 11 is 0. The van der Waals surface area contributed by atoms with Crippen molar-refractivity contribution in [2.75, 3.05) is 26.2 Å². The maximum absolute atomic E-state index is 12.8. The fourth-order valence-electron chi connectivity index (χ4n) is 3.22. The molecule has 0 saturated carbocycles. The van der Waals surface area contributed by atoms with Crippen molar-refractivity contribution in [1.82, 2.24) is 4.31 Å². The van der Waals surface area contributed by atoms with E-state index in [0.29, 0.717) is 18.7 Å². The van der Waals surface area contributed by atoms with Gasteiger partial charge in [0, 0.05) is 11.1 Å². The summed E-state index contributed by atoms with van der Waals surface area (Å²) in [5.74, 6) is -0.0673. The number of sulfonamides is 1. The Morgan fingerprint density at radius 1 is 1.00 bits per heavy atom. The first-order valence-corrected chi connectivity index (χ1v) is 10.3. The lowest BCUT2D eigenvalue weighted by Crippen LogP contribution is -3.13. The van der Waals surface area contributed by atoms with Crippen LogP contribution < -0.4 is 4.90 Å². The number of quaternary nitrogens is 1. The number of carbonyl (C=O) groups is 1. The highest BCUT2D eigenvalue weighted by Crippen LogP contribution is 2.17. The minimum absolute atomic E-state index is 0.0673. The number of hydrogen-bond donors (Lipinski definition) is 1. The van der Waals surface area contributed by atoms with Crippen molar-refractivity contribution in [3.63, 3.8) is 0 Å². The van der Waals surface area contributed by atoms with Crippen LogP contribution in [0.3, 0.4) is 0 Å². The summed E-state index contributed by atoms with van der Waals surface area (Å²) in [6, 6.07) is 14.7. The highest BCUT2D eigenvalue weighted by molar-refractivity contribution is 7.89. The van der Waals surface area contributed by atoms with Crippen LogP contribution in [0.1, 0.15) is 28.4 Å². The fourth-order valence-corrected chi connectivity index (χ4v) is 4.67. The van der Waals surface area contributed by atoms with E-state index >= 15 is 0 Å². The van der Waals surface area contributed by atoms with Gasteiger partial charge >= 0.3 is 0 Å². The molecular weight excluding hydrogens is 348 g/mol. The first-order valence-electron chi connectivity index (χ1n) is 8.86. The summed E-state index contributed by atoms with van der Waals surface area (Å²) in [7, 11) is -3.50. The molecule has 5 nitrogen and oxygen atoms in total. The van der Waals surface area contributed by atoms with Gasteiger partial charge in [-0.1, -0.05) is 42.0 Å². The Morgan fingerprint density at radius 3 is 2.12 bits per heavy atom. The molecule has 1 aliphatic rings. The maximum atomic E-state index is 12.8. The van der Waals surface area contributed by atoms with Crippen LogP contribution in [0.5, 0.6) is 0 Å². The normalized spacial score (nSPS) is 16.5. The predicted octanol–water partition coefficient (Wildman–Crippen LogP) is 1.29. The van der Waals surface area contributed by atoms with Crippen LogP contribution in [0.4, 0.5) is 0 Å². The minimum atomic E-state index is -3.50. The van der Waals surface area contributed by atoms with E-state index in [1.807, 2.05) is 0 Å². The van der Waals surface area contributed by atoms with Gasteiger partial charge in [0.1, 0.15) is 6.54 Å². The van der Waals surface area contributed by atoms with Gasteiger partial charge in [-0.2, -0.15) is 4.31 Å². The molecule has 0 spiro atoms. The van der Waals surface area contributed by atoms with Crippen molar-refractivity contribution in [2.45, 2.75) is 25.3 Å². The molecule has 0 bridgehead atoms. The molecule has 6 heteroatoms. The fraction of sp³-hybridized carbons (Fsp3) is 0.350. The van der Waals surface area contributed by atoms with Crippen LogP contribution >= 0.6 is 0 Å². The topological polar surface area (TPSA) is 58.9 Å². The molecule has 138 valence electrons. The number of carbonyl (C=O) groups excluding carboxylic acids is 1. The Morgan fingerprint density at radius 2 is 1.58 bits per heavy atom. The lowest BCUT2D eigenvalue weighted by molar-refractivity contribution is -0.917. The molecule has 0 amide bonds. The van der Waals surface area contributed by atoms with Crippen molar-refractivity contribution in [2.24, 2.45) is 0 Å². The average molecular weight is 373 g/mol. The van der Waals surface area contributed by atoms with Crippen LogP contribution in [0.25, 0.3) is 0 Å². The lowest BCUT2D eigenvalue weighted by Gasteiger charge is -2.31. The van der Waals surface area contributed by atoms with Gasteiger partial charge in [-0.05, 0) is 26.0 Å². The Balaban J connectivity index is 1.62. The van der Waals surface area contributed by atoms with Gasteiger partial charge < -0.3 is 4.90 Å². The van der Waals surface area contributed by atoms with Crippen LogP contribution in [0.15, 0.2) is 53.4 Å². The van der Waals surface area contributed by atoms with E-state index < -0.39 is 10.0 Å². The highest BCUT2D eigenvalue weighted by Gasteiger charge is 2.30. The molecule has 2 aromatic carbocycles. The predicted molar refractivity (Wildman–Crippen MR) is 101 cm³/mol. The first-order chi connectivity index (χ1) is 12.4. The summed E-state index contributed by atoms with van der Waals surface area (Å²) in [6.45, 7) is 7.07. The number of ketones is 1. The number of piperazine rings is 1. The zero-order valence-corrected chi connectivity index (χ0v) is 16.1. The maximum Gasteiger partial charge on any atom is 0.243 e. The zero-order valence-electron chi connectivity index (χ0n) is 15.2. The molecule has 0 radical (unpaired) electrons. The number of Topliss-reactive ketones (excluding diaryl/α,β-unsaturated/α-hetero) is 1. The lowest BCUT2D eigenvalue weighted by atomic mass is 10.1. The summed E-state index contributed by atoms with van der Waals surface area (Å²) in [4.78, 5) is 13.0. The van der Waals surface area contributed by atoms with Crippen molar-refractivity contribution < 1.29 is 18.1 Å². The van der Waals surface area contributed by atoms with E-state index in [1.165, 1.54) is 35.1 Å². The van der Waals surface area contributed by atoms with Gasteiger partial charge in [0.25, 0.3) is 0 Å². The first kappa shape index (κ1) is 18.8. The van der Waals surface area contributed by atoms with Gasteiger partial charge in [-0.25, -0.2) is 8.42 Å². The second kappa shape index (κ2) is 7.70. The van der Waals surface area contributed by atoms with E-state index in [1.54, 1.807) is 16.4 Å². The summed E-state index contributed by atoms with van der Waals surface area (Å²) < 4.78 is 27.2. The number of nitrogens with one attached hydrogen (secondary N) is 1. The van der Waals surface area contributed by atoms with E-state index in [9.17, 15) is 13.2 Å². The third kappa shape index (κ3) is 4.20. The molecule has 0 atom stereocenters.